The third kappa shape index (κ3) is 3.69. The first-order valence-electron chi connectivity index (χ1n) is 9.76. The number of rotatable bonds is 5. The van der Waals surface area contributed by atoms with Gasteiger partial charge in [0.2, 0.25) is 15.6 Å². The summed E-state index contributed by atoms with van der Waals surface area (Å²) in [5.74, 6) is 0.232. The van der Waals surface area contributed by atoms with E-state index in [9.17, 15) is 13.2 Å². The number of carbonyl (C=O) groups is 1. The summed E-state index contributed by atoms with van der Waals surface area (Å²) in [5.41, 5.74) is 1.91. The van der Waals surface area contributed by atoms with Crippen molar-refractivity contribution in [2.75, 3.05) is 0 Å². The molecule has 0 atom stereocenters. The van der Waals surface area contributed by atoms with Crippen LogP contribution in [0.2, 0.25) is 0 Å². The summed E-state index contributed by atoms with van der Waals surface area (Å²) in [7, 11) is -3.67. The molecule has 0 aliphatic heterocycles. The molecule has 0 aliphatic carbocycles. The molecule has 0 spiro atoms. The number of nitrogens with one attached hydrogen (secondary N) is 1. The zero-order valence-corrected chi connectivity index (χ0v) is 17.5. The second-order valence-electron chi connectivity index (χ2n) is 7.17. The van der Waals surface area contributed by atoms with Crippen molar-refractivity contribution in [2.24, 2.45) is 0 Å². The highest BCUT2D eigenvalue weighted by molar-refractivity contribution is 7.91. The molecule has 0 aliphatic rings. The van der Waals surface area contributed by atoms with Crippen LogP contribution in [0.15, 0.2) is 95.4 Å². The van der Waals surface area contributed by atoms with Crippen molar-refractivity contribution in [3.8, 4) is 0 Å². The molecule has 0 unspecified atom stereocenters. The first-order valence-corrected chi connectivity index (χ1v) is 11.2. The fourth-order valence-electron chi connectivity index (χ4n) is 3.36. The molecule has 5 rings (SSSR count). The Kier molecular flexibility index (Phi) is 4.87. The zero-order valence-electron chi connectivity index (χ0n) is 16.7. The van der Waals surface area contributed by atoms with Gasteiger partial charge in [0, 0.05) is 42.9 Å². The molecule has 1 amide bonds. The van der Waals surface area contributed by atoms with Crippen LogP contribution in [0.1, 0.15) is 15.9 Å². The molecule has 0 bridgehead atoms. The third-order valence-electron chi connectivity index (χ3n) is 5.08. The molecule has 32 heavy (non-hydrogen) atoms. The molecule has 158 valence electrons. The van der Waals surface area contributed by atoms with E-state index in [1.54, 1.807) is 77.7 Å². The lowest BCUT2D eigenvalue weighted by molar-refractivity contribution is 0.0950. The minimum atomic E-state index is -3.67. The topological polar surface area (TPSA) is 106 Å². The lowest BCUT2D eigenvalue weighted by Crippen LogP contribution is -2.23. The lowest BCUT2D eigenvalue weighted by Gasteiger charge is -2.08. The van der Waals surface area contributed by atoms with Crippen LogP contribution < -0.4 is 5.32 Å². The maximum atomic E-state index is 13.0. The Labute approximate surface area is 183 Å². The molecule has 9 heteroatoms. The predicted octanol–water partition coefficient (Wildman–Crippen LogP) is 3.04. The summed E-state index contributed by atoms with van der Waals surface area (Å²) in [4.78, 5) is 25.2. The minimum absolute atomic E-state index is 0.186. The summed E-state index contributed by atoms with van der Waals surface area (Å²) < 4.78 is 27.7. The smallest absolute Gasteiger partial charge is 0.254 e. The highest BCUT2D eigenvalue weighted by Crippen LogP contribution is 2.24. The van der Waals surface area contributed by atoms with Crippen molar-refractivity contribution < 1.29 is 13.2 Å². The van der Waals surface area contributed by atoms with E-state index < -0.39 is 9.84 Å². The second kappa shape index (κ2) is 7.86. The number of amides is 1. The van der Waals surface area contributed by atoms with Crippen LogP contribution in [-0.2, 0) is 16.4 Å². The average Bonchev–Trinajstić information content (AvgIpc) is 3.30. The third-order valence-corrected chi connectivity index (χ3v) is 6.85. The number of nitrogens with zero attached hydrogens (tertiary/aromatic N) is 4. The fraction of sp³-hybridized carbons (Fsp3) is 0.0435. The van der Waals surface area contributed by atoms with Gasteiger partial charge in [0.25, 0.3) is 5.91 Å². The molecular formula is C23H17N5O3S. The molecule has 1 N–H and O–H groups in total. The summed E-state index contributed by atoms with van der Waals surface area (Å²) in [6.45, 7) is 0.253. The summed E-state index contributed by atoms with van der Waals surface area (Å²) in [5, 5.41) is 3.57. The maximum Gasteiger partial charge on any atom is 0.254 e. The first kappa shape index (κ1) is 19.8. The summed E-state index contributed by atoms with van der Waals surface area (Å²) >= 11 is 0. The predicted molar refractivity (Wildman–Crippen MR) is 118 cm³/mol. The largest absolute Gasteiger partial charge is 0.348 e. The number of pyridine rings is 1. The average molecular weight is 443 g/mol. The Morgan fingerprint density at radius 1 is 0.938 bits per heavy atom. The number of hydrogen-bond donors (Lipinski definition) is 1. The monoisotopic (exact) mass is 443 g/mol. The Hall–Kier alpha value is -4.11. The van der Waals surface area contributed by atoms with Crippen LogP contribution in [-0.4, -0.2) is 33.7 Å². The van der Waals surface area contributed by atoms with E-state index in [1.165, 1.54) is 6.20 Å². The van der Waals surface area contributed by atoms with Crippen molar-refractivity contribution in [3.05, 3.63) is 96.7 Å². The second-order valence-corrected chi connectivity index (χ2v) is 9.11. The number of aromatic nitrogens is 4. The van der Waals surface area contributed by atoms with Crippen molar-refractivity contribution in [1.29, 1.82) is 0 Å². The van der Waals surface area contributed by atoms with Gasteiger partial charge in [-0.25, -0.2) is 18.4 Å². The van der Waals surface area contributed by atoms with Crippen molar-refractivity contribution in [2.45, 2.75) is 16.3 Å². The van der Waals surface area contributed by atoms with Crippen LogP contribution in [0.3, 0.4) is 0 Å². The van der Waals surface area contributed by atoms with Crippen molar-refractivity contribution in [3.63, 3.8) is 0 Å². The van der Waals surface area contributed by atoms with Gasteiger partial charge in [-0.3, -0.25) is 14.2 Å². The van der Waals surface area contributed by atoms with E-state index in [0.717, 1.165) is 16.5 Å². The SMILES string of the molecule is O=C(NCc1ccc(S(=O)(=O)c2ccc3ncccc3c2)cc1)c1cnc2nccn2c1. The van der Waals surface area contributed by atoms with E-state index in [4.69, 9.17) is 0 Å². The molecule has 3 aromatic heterocycles. The molecular weight excluding hydrogens is 426 g/mol. The number of fused-ring (bicyclic) bond motifs is 2. The molecule has 8 nitrogen and oxygen atoms in total. The molecule has 0 radical (unpaired) electrons. The van der Waals surface area contributed by atoms with E-state index >= 15 is 0 Å². The Bertz CT molecular complexity index is 1560. The zero-order chi connectivity index (χ0) is 22.1. The number of benzene rings is 2. The molecule has 2 aromatic carbocycles. The molecule has 3 heterocycles. The van der Waals surface area contributed by atoms with E-state index in [0.29, 0.717) is 11.3 Å². The quantitative estimate of drug-likeness (QED) is 0.448. The standard InChI is InChI=1S/C23H17N5O3S/c29-22(18-14-27-23-25-10-11-28(23)15-18)26-13-16-3-5-19(6-4-16)32(30,31)20-7-8-21-17(12-20)2-1-9-24-21/h1-12,14-15H,13H2,(H,26,29). The minimum Gasteiger partial charge on any atom is -0.348 e. The van der Waals surface area contributed by atoms with Crippen LogP contribution in [0.4, 0.5) is 0 Å². The Morgan fingerprint density at radius 2 is 1.75 bits per heavy atom. The number of carbonyl (C=O) groups excluding carboxylic acids is 1. The molecule has 0 saturated carbocycles. The van der Waals surface area contributed by atoms with Crippen LogP contribution >= 0.6 is 0 Å². The van der Waals surface area contributed by atoms with Gasteiger partial charge in [-0.2, -0.15) is 0 Å². The number of imidazole rings is 1. The summed E-state index contributed by atoms with van der Waals surface area (Å²) in [6.07, 6.45) is 8.10. The van der Waals surface area contributed by atoms with E-state index in [1.807, 2.05) is 6.07 Å². The molecule has 5 aromatic rings. The summed E-state index contributed by atoms with van der Waals surface area (Å²) in [6, 6.07) is 14.9. The Morgan fingerprint density at radius 3 is 2.59 bits per heavy atom. The van der Waals surface area contributed by atoms with E-state index in [-0.39, 0.29) is 22.2 Å². The molecule has 0 fully saturated rings. The first-order chi connectivity index (χ1) is 15.5. The number of hydrogen-bond acceptors (Lipinski definition) is 6. The van der Waals surface area contributed by atoms with Gasteiger partial charge in [-0.05, 0) is 42.0 Å². The van der Waals surface area contributed by atoms with Crippen molar-refractivity contribution in [1.82, 2.24) is 24.7 Å². The van der Waals surface area contributed by atoms with Gasteiger partial charge < -0.3 is 5.32 Å². The van der Waals surface area contributed by atoms with Crippen LogP contribution in [0, 0.1) is 0 Å². The van der Waals surface area contributed by atoms with Gasteiger partial charge in [0.1, 0.15) is 0 Å². The van der Waals surface area contributed by atoms with Crippen LogP contribution in [0.25, 0.3) is 16.7 Å². The highest BCUT2D eigenvalue weighted by atomic mass is 32.2. The van der Waals surface area contributed by atoms with Crippen LogP contribution in [0.5, 0.6) is 0 Å². The van der Waals surface area contributed by atoms with Gasteiger partial charge in [0.15, 0.2) is 0 Å². The highest BCUT2D eigenvalue weighted by Gasteiger charge is 2.18. The maximum absolute atomic E-state index is 13.0. The van der Waals surface area contributed by atoms with E-state index in [2.05, 4.69) is 20.3 Å². The van der Waals surface area contributed by atoms with Gasteiger partial charge >= 0.3 is 0 Å². The lowest BCUT2D eigenvalue weighted by atomic mass is 10.2. The van der Waals surface area contributed by atoms with Gasteiger partial charge in [-0.1, -0.05) is 18.2 Å². The Balaban J connectivity index is 1.31. The number of sulfone groups is 1. The fourth-order valence-corrected chi connectivity index (χ4v) is 4.66. The van der Waals surface area contributed by atoms with Gasteiger partial charge in [0.05, 0.1) is 20.9 Å². The normalized spacial score (nSPS) is 11.6. The van der Waals surface area contributed by atoms with Gasteiger partial charge in [-0.15, -0.1) is 0 Å². The van der Waals surface area contributed by atoms with Crippen molar-refractivity contribution >= 4 is 32.4 Å². The molecule has 0 saturated heterocycles.